The Morgan fingerprint density at radius 3 is 2.42 bits per heavy atom. The topological polar surface area (TPSA) is 171 Å². The summed E-state index contributed by atoms with van der Waals surface area (Å²) >= 11 is 0. The van der Waals surface area contributed by atoms with Crippen molar-refractivity contribution in [1.82, 2.24) is 25.2 Å². The second kappa shape index (κ2) is 15.0. The first kappa shape index (κ1) is 35.4. The molecule has 6 aromatic rings. The molecule has 0 fully saturated rings. The van der Waals surface area contributed by atoms with Crippen LogP contribution in [0.4, 0.5) is 9.59 Å². The molecule has 3 N–H and O–H groups in total. The zero-order valence-corrected chi connectivity index (χ0v) is 30.0. The fraction of sp³-hybridized carbons (Fsp3) is 0.238. The predicted molar refractivity (Wildman–Crippen MR) is 204 cm³/mol. The Morgan fingerprint density at radius 2 is 1.65 bits per heavy atom. The average Bonchev–Trinajstić information content (AvgIpc) is 3.72. The Hall–Kier alpha value is -6.60. The highest BCUT2D eigenvalue weighted by molar-refractivity contribution is 6.08. The fourth-order valence-electron chi connectivity index (χ4n) is 7.74. The number of carbonyl (C=O) groups excluding carboxylic acids is 2. The van der Waals surface area contributed by atoms with Crippen LogP contribution in [-0.2, 0) is 38.6 Å². The lowest BCUT2D eigenvalue weighted by Crippen LogP contribution is -2.38. The maximum Gasteiger partial charge on any atom is 0.506 e. The van der Waals surface area contributed by atoms with Crippen molar-refractivity contribution in [3.05, 3.63) is 129 Å². The number of aryl methyl sites for hydroxylation is 2. The first-order chi connectivity index (χ1) is 26.8. The van der Waals surface area contributed by atoms with Gasteiger partial charge in [0.2, 0.25) is 5.91 Å². The number of pyridine rings is 3. The van der Waals surface area contributed by atoms with Gasteiger partial charge in [-0.25, -0.2) is 14.6 Å². The van der Waals surface area contributed by atoms with E-state index in [-0.39, 0.29) is 50.1 Å². The molecule has 2 aliphatic rings. The predicted octanol–water partition coefficient (Wildman–Crippen LogP) is 6.04. The smallest absolute Gasteiger partial charge is 0.450 e. The Bertz CT molecular complexity index is 2520. The van der Waals surface area contributed by atoms with Gasteiger partial charge in [-0.2, -0.15) is 0 Å². The molecule has 0 unspecified atom stereocenters. The number of ether oxygens (including phenoxy) is 3. The lowest BCUT2D eigenvalue weighted by molar-refractivity contribution is -0.121. The summed E-state index contributed by atoms with van der Waals surface area (Å²) in [5.41, 5.74) is 9.94. The minimum absolute atomic E-state index is 0.0471. The summed E-state index contributed by atoms with van der Waals surface area (Å²) in [6.07, 6.45) is 0.794. The molecule has 13 nitrogen and oxygen atoms in total. The summed E-state index contributed by atoms with van der Waals surface area (Å²) in [4.78, 5) is 59.2. The Kier molecular flexibility index (Phi) is 9.68. The maximum absolute atomic E-state index is 13.6. The molecule has 0 saturated heterocycles. The molecule has 3 aromatic carbocycles. The van der Waals surface area contributed by atoms with Gasteiger partial charge in [0, 0.05) is 35.1 Å². The quantitative estimate of drug-likeness (QED) is 0.0581. The number of fused-ring (bicyclic) bond motifs is 9. The van der Waals surface area contributed by atoms with Crippen molar-refractivity contribution in [2.24, 2.45) is 0 Å². The number of hydrogen-bond acceptors (Lipinski definition) is 9. The molecule has 0 spiro atoms. The molecule has 0 radical (unpaired) electrons. The largest absolute Gasteiger partial charge is 0.506 e. The van der Waals surface area contributed by atoms with Gasteiger partial charge in [-0.3, -0.25) is 14.6 Å². The highest BCUT2D eigenvalue weighted by Crippen LogP contribution is 2.44. The van der Waals surface area contributed by atoms with E-state index in [0.717, 1.165) is 55.2 Å². The maximum atomic E-state index is 13.6. The molecule has 55 heavy (non-hydrogen) atoms. The summed E-state index contributed by atoms with van der Waals surface area (Å²) in [6.45, 7) is 1.85. The molecule has 0 atom stereocenters. The average molecular weight is 740 g/mol. The SMILES string of the molecule is Cc1cc2n(c(=O)c1COC(=O)O)Cc1c-2nc2ccc3ncccc3c2c1CCCOCNC(=O)CNC(=O)OCC1c2ccccc2-c2ccccc21. The van der Waals surface area contributed by atoms with E-state index in [2.05, 4.69) is 27.8 Å². The summed E-state index contributed by atoms with van der Waals surface area (Å²) in [5.74, 6) is -0.500. The van der Waals surface area contributed by atoms with Crippen molar-refractivity contribution in [3.63, 3.8) is 0 Å². The second-order valence-electron chi connectivity index (χ2n) is 13.5. The Morgan fingerprint density at radius 1 is 0.909 bits per heavy atom. The van der Waals surface area contributed by atoms with E-state index in [1.54, 1.807) is 17.7 Å². The molecular weight excluding hydrogens is 702 g/mol. The fourth-order valence-corrected chi connectivity index (χ4v) is 7.74. The number of amides is 2. The molecule has 0 saturated carbocycles. The zero-order valence-electron chi connectivity index (χ0n) is 30.0. The van der Waals surface area contributed by atoms with Crippen LogP contribution in [0.15, 0.2) is 89.9 Å². The normalized spacial score (nSPS) is 12.5. The molecule has 3 aromatic heterocycles. The molecule has 278 valence electrons. The summed E-state index contributed by atoms with van der Waals surface area (Å²) in [6, 6.07) is 25.7. The summed E-state index contributed by atoms with van der Waals surface area (Å²) in [7, 11) is 0. The van der Waals surface area contributed by atoms with E-state index in [9.17, 15) is 19.2 Å². The van der Waals surface area contributed by atoms with Gasteiger partial charge < -0.3 is 34.5 Å². The van der Waals surface area contributed by atoms with Crippen LogP contribution in [0.2, 0.25) is 0 Å². The van der Waals surface area contributed by atoms with Crippen molar-refractivity contribution in [3.8, 4) is 22.5 Å². The highest BCUT2D eigenvalue weighted by atomic mass is 16.7. The van der Waals surface area contributed by atoms with Crippen LogP contribution in [0.1, 0.15) is 45.7 Å². The molecular formula is C42H37N5O8. The van der Waals surface area contributed by atoms with E-state index in [4.69, 9.17) is 24.3 Å². The number of carboxylic acid groups (broad SMARTS) is 1. The molecule has 8 rings (SSSR count). The van der Waals surface area contributed by atoms with E-state index in [0.29, 0.717) is 36.4 Å². The number of carbonyl (C=O) groups is 3. The van der Waals surface area contributed by atoms with E-state index in [1.165, 1.54) is 0 Å². The number of aromatic nitrogens is 3. The standard InChI is InChI=1S/C42H37N5O8/c1-24-18-36-39-31(20-47(36)40(49)32(24)21-55-42(51)52)29(38-30-12-6-16-43-34(30)14-15-35(38)46-39)13-7-17-53-23-45-37(48)19-44-41(50)54-22-33-27-10-4-2-8-25(27)26-9-3-5-11-28(26)33/h2-6,8-12,14-16,18,33H,7,13,17,19-23H2,1H3,(H,44,50)(H,45,48)(H,51,52). The van der Waals surface area contributed by atoms with Gasteiger partial charge >= 0.3 is 12.2 Å². The Labute approximate surface area is 314 Å². The molecule has 1 aliphatic carbocycles. The first-order valence-corrected chi connectivity index (χ1v) is 18.0. The van der Waals surface area contributed by atoms with Gasteiger partial charge in [-0.15, -0.1) is 0 Å². The van der Waals surface area contributed by atoms with Crippen molar-refractivity contribution in [2.45, 2.75) is 38.8 Å². The van der Waals surface area contributed by atoms with Crippen molar-refractivity contribution in [1.29, 1.82) is 0 Å². The third kappa shape index (κ3) is 6.85. The van der Waals surface area contributed by atoms with Crippen LogP contribution < -0.4 is 16.2 Å². The van der Waals surface area contributed by atoms with Gasteiger partial charge in [0.25, 0.3) is 5.56 Å². The summed E-state index contributed by atoms with van der Waals surface area (Å²) in [5, 5.41) is 16.1. The number of benzene rings is 3. The second-order valence-corrected chi connectivity index (χ2v) is 13.5. The van der Waals surface area contributed by atoms with Crippen LogP contribution >= 0.6 is 0 Å². The molecule has 2 amide bonds. The van der Waals surface area contributed by atoms with E-state index >= 15 is 0 Å². The molecule has 4 heterocycles. The van der Waals surface area contributed by atoms with Crippen LogP contribution in [0.5, 0.6) is 0 Å². The number of nitrogens with zero attached hydrogens (tertiary/aromatic N) is 3. The summed E-state index contributed by atoms with van der Waals surface area (Å²) < 4.78 is 17.7. The number of rotatable bonds is 12. The minimum atomic E-state index is -1.45. The van der Waals surface area contributed by atoms with Gasteiger partial charge in [0.05, 0.1) is 34.5 Å². The van der Waals surface area contributed by atoms with Crippen LogP contribution in [0.3, 0.4) is 0 Å². The van der Waals surface area contributed by atoms with Crippen molar-refractivity contribution in [2.75, 3.05) is 26.5 Å². The number of hydrogen-bond donors (Lipinski definition) is 3. The molecule has 13 heteroatoms. The minimum Gasteiger partial charge on any atom is -0.450 e. The van der Waals surface area contributed by atoms with Gasteiger partial charge in [0.15, 0.2) is 0 Å². The van der Waals surface area contributed by atoms with Crippen LogP contribution in [0.25, 0.3) is 44.3 Å². The third-order valence-corrected chi connectivity index (χ3v) is 10.3. The lowest BCUT2D eigenvalue weighted by atomic mass is 9.94. The molecule has 1 aliphatic heterocycles. The van der Waals surface area contributed by atoms with Crippen LogP contribution in [0, 0.1) is 6.92 Å². The monoisotopic (exact) mass is 739 g/mol. The van der Waals surface area contributed by atoms with E-state index in [1.807, 2.05) is 66.7 Å². The Balaban J connectivity index is 0.878. The van der Waals surface area contributed by atoms with Gasteiger partial charge in [-0.05, 0) is 77.4 Å². The van der Waals surface area contributed by atoms with Crippen molar-refractivity contribution >= 4 is 40.0 Å². The number of alkyl carbamates (subject to hydrolysis) is 1. The van der Waals surface area contributed by atoms with E-state index < -0.39 is 18.2 Å². The van der Waals surface area contributed by atoms with Crippen LogP contribution in [-0.4, -0.2) is 64.3 Å². The van der Waals surface area contributed by atoms with Gasteiger partial charge in [-0.1, -0.05) is 54.6 Å². The zero-order chi connectivity index (χ0) is 38.1. The third-order valence-electron chi connectivity index (χ3n) is 10.3. The van der Waals surface area contributed by atoms with Crippen molar-refractivity contribution < 1.29 is 33.7 Å². The first-order valence-electron chi connectivity index (χ1n) is 18.0. The van der Waals surface area contributed by atoms with Gasteiger partial charge in [0.1, 0.15) is 26.5 Å². The number of nitrogens with one attached hydrogen (secondary N) is 2. The highest BCUT2D eigenvalue weighted by Gasteiger charge is 2.30. The molecule has 0 bridgehead atoms. The lowest BCUT2D eigenvalue weighted by Gasteiger charge is -2.15.